The maximum atomic E-state index is 12.8. The third-order valence-electron chi connectivity index (χ3n) is 5.35. The minimum Gasteiger partial charge on any atom is -0.489 e. The van der Waals surface area contributed by atoms with Crippen LogP contribution in [0.3, 0.4) is 0 Å². The molecule has 0 radical (unpaired) electrons. The molecule has 1 N–H and O–H groups in total. The van der Waals surface area contributed by atoms with E-state index < -0.39 is 10.0 Å². The summed E-state index contributed by atoms with van der Waals surface area (Å²) in [4.78, 5) is 14.7. The predicted molar refractivity (Wildman–Crippen MR) is 131 cm³/mol. The summed E-state index contributed by atoms with van der Waals surface area (Å²) in [5.74, 6) is 1.14. The van der Waals surface area contributed by atoms with Crippen molar-refractivity contribution in [1.29, 1.82) is 0 Å². The van der Waals surface area contributed by atoms with Gasteiger partial charge in [0.05, 0.1) is 33.9 Å². The smallest absolute Gasteiger partial charge is 0.242 e. The van der Waals surface area contributed by atoms with E-state index in [-0.39, 0.29) is 17.2 Å². The summed E-state index contributed by atoms with van der Waals surface area (Å²) < 4.78 is 37.1. The number of hydrogen-bond donors (Lipinski definition) is 1. The zero-order chi connectivity index (χ0) is 25.0. The molecule has 0 aliphatic carbocycles. The van der Waals surface area contributed by atoms with Crippen LogP contribution in [0.25, 0.3) is 0 Å². The number of aryl methyl sites for hydroxylation is 2. The number of rotatable bonds is 9. The Labute approximate surface area is 200 Å². The van der Waals surface area contributed by atoms with Crippen LogP contribution in [0.4, 0.5) is 11.4 Å². The minimum atomic E-state index is -3.63. The first-order valence-electron chi connectivity index (χ1n) is 10.7. The van der Waals surface area contributed by atoms with Gasteiger partial charge in [0.15, 0.2) is 0 Å². The molecule has 0 bridgehead atoms. The highest BCUT2D eigenvalue weighted by molar-refractivity contribution is 7.89. The first kappa shape index (κ1) is 25.3. The number of amides is 1. The van der Waals surface area contributed by atoms with E-state index in [1.807, 2.05) is 45.0 Å². The topological polar surface area (TPSA) is 105 Å². The van der Waals surface area contributed by atoms with Gasteiger partial charge in [-0.25, -0.2) is 12.7 Å². The van der Waals surface area contributed by atoms with Crippen LogP contribution in [-0.4, -0.2) is 52.0 Å². The molecule has 2 aromatic carbocycles. The standard InChI is InChI=1S/C24H30N4O5S/c1-16-21(17(2)33-26-16)15-32-19-9-7-18(8-10-19)13-24(29)25-22-14-20(34(30,31)28(5)6)11-12-23(22)27(3)4/h7-12,14H,13,15H2,1-6H3,(H,25,29). The fourth-order valence-electron chi connectivity index (χ4n) is 3.32. The quantitative estimate of drug-likeness (QED) is 0.494. The van der Waals surface area contributed by atoms with Crippen molar-refractivity contribution >= 4 is 27.3 Å². The zero-order valence-corrected chi connectivity index (χ0v) is 21.1. The number of nitrogens with one attached hydrogen (secondary N) is 1. The molecule has 0 saturated carbocycles. The van der Waals surface area contributed by atoms with Crippen molar-refractivity contribution in [1.82, 2.24) is 9.46 Å². The molecule has 34 heavy (non-hydrogen) atoms. The van der Waals surface area contributed by atoms with Gasteiger partial charge in [-0.3, -0.25) is 4.79 Å². The summed E-state index contributed by atoms with van der Waals surface area (Å²) >= 11 is 0. The first-order valence-corrected chi connectivity index (χ1v) is 12.1. The summed E-state index contributed by atoms with van der Waals surface area (Å²) in [5.41, 5.74) is 3.64. The Morgan fingerprint density at radius 2 is 1.74 bits per heavy atom. The second-order valence-corrected chi connectivity index (χ2v) is 10.5. The van der Waals surface area contributed by atoms with E-state index in [9.17, 15) is 13.2 Å². The molecule has 0 fully saturated rings. The minimum absolute atomic E-state index is 0.109. The van der Waals surface area contributed by atoms with Crippen LogP contribution < -0.4 is 15.0 Å². The van der Waals surface area contributed by atoms with Gasteiger partial charge in [0.25, 0.3) is 0 Å². The fraction of sp³-hybridized carbons (Fsp3) is 0.333. The maximum Gasteiger partial charge on any atom is 0.242 e. The molecule has 1 heterocycles. The van der Waals surface area contributed by atoms with Crippen molar-refractivity contribution < 1.29 is 22.5 Å². The lowest BCUT2D eigenvalue weighted by atomic mass is 10.1. The molecule has 1 amide bonds. The molecule has 0 atom stereocenters. The van der Waals surface area contributed by atoms with Gasteiger partial charge in [-0.1, -0.05) is 17.3 Å². The highest BCUT2D eigenvalue weighted by Crippen LogP contribution is 2.29. The van der Waals surface area contributed by atoms with Gasteiger partial charge < -0.3 is 19.5 Å². The summed E-state index contributed by atoms with van der Waals surface area (Å²) in [6.45, 7) is 4.05. The SMILES string of the molecule is Cc1noc(C)c1COc1ccc(CC(=O)Nc2cc(S(=O)(=O)N(C)C)ccc2N(C)C)cc1. The van der Waals surface area contributed by atoms with E-state index in [2.05, 4.69) is 10.5 Å². The normalized spacial score (nSPS) is 11.5. The number of carbonyl (C=O) groups is 1. The number of hydrogen-bond acceptors (Lipinski definition) is 7. The van der Waals surface area contributed by atoms with Crippen LogP contribution in [0.5, 0.6) is 5.75 Å². The molecular formula is C24H30N4O5S. The highest BCUT2D eigenvalue weighted by Gasteiger charge is 2.20. The van der Waals surface area contributed by atoms with Gasteiger partial charge >= 0.3 is 0 Å². The third kappa shape index (κ3) is 5.75. The van der Waals surface area contributed by atoms with Gasteiger partial charge in [-0.05, 0) is 49.7 Å². The maximum absolute atomic E-state index is 12.8. The monoisotopic (exact) mass is 486 g/mol. The molecule has 0 aliphatic rings. The Morgan fingerprint density at radius 3 is 2.29 bits per heavy atom. The number of carbonyl (C=O) groups excluding carboxylic acids is 1. The second-order valence-electron chi connectivity index (χ2n) is 8.32. The van der Waals surface area contributed by atoms with Gasteiger partial charge in [0.1, 0.15) is 18.1 Å². The molecule has 10 heteroatoms. The van der Waals surface area contributed by atoms with E-state index in [4.69, 9.17) is 9.26 Å². The first-order chi connectivity index (χ1) is 16.0. The summed E-state index contributed by atoms with van der Waals surface area (Å²) in [5, 5.41) is 6.77. The average Bonchev–Trinajstić information content (AvgIpc) is 3.10. The predicted octanol–water partition coefficient (Wildman–Crippen LogP) is 3.37. The Balaban J connectivity index is 1.69. The van der Waals surface area contributed by atoms with E-state index in [0.717, 1.165) is 26.9 Å². The van der Waals surface area contributed by atoms with Crippen molar-refractivity contribution in [3.8, 4) is 5.75 Å². The van der Waals surface area contributed by atoms with Crippen molar-refractivity contribution in [2.45, 2.75) is 31.8 Å². The van der Waals surface area contributed by atoms with Crippen LogP contribution in [0.2, 0.25) is 0 Å². The number of ether oxygens (including phenoxy) is 1. The van der Waals surface area contributed by atoms with E-state index in [0.29, 0.717) is 23.7 Å². The van der Waals surface area contributed by atoms with Crippen LogP contribution in [-0.2, 0) is 27.8 Å². The van der Waals surface area contributed by atoms with Gasteiger partial charge in [-0.2, -0.15) is 0 Å². The number of sulfonamides is 1. The molecular weight excluding hydrogens is 456 g/mol. The van der Waals surface area contributed by atoms with Crippen LogP contribution in [0.1, 0.15) is 22.6 Å². The van der Waals surface area contributed by atoms with Crippen LogP contribution >= 0.6 is 0 Å². The molecule has 182 valence electrons. The van der Waals surface area contributed by atoms with Crippen molar-refractivity contribution in [3.63, 3.8) is 0 Å². The van der Waals surface area contributed by atoms with Crippen molar-refractivity contribution in [3.05, 3.63) is 65.0 Å². The lowest BCUT2D eigenvalue weighted by Gasteiger charge is -2.20. The molecule has 9 nitrogen and oxygen atoms in total. The largest absolute Gasteiger partial charge is 0.489 e. The van der Waals surface area contributed by atoms with Crippen LogP contribution in [0, 0.1) is 13.8 Å². The van der Waals surface area contributed by atoms with E-state index >= 15 is 0 Å². The number of anilines is 2. The molecule has 0 saturated heterocycles. The summed E-state index contributed by atoms with van der Waals surface area (Å²) in [6.07, 6.45) is 0.127. The Kier molecular flexibility index (Phi) is 7.63. The lowest BCUT2D eigenvalue weighted by Crippen LogP contribution is -2.23. The molecule has 0 aliphatic heterocycles. The summed E-state index contributed by atoms with van der Waals surface area (Å²) in [7, 11) is 2.96. The Bertz CT molecular complexity index is 1250. The summed E-state index contributed by atoms with van der Waals surface area (Å²) in [6, 6.07) is 11.9. The van der Waals surface area contributed by atoms with Crippen molar-refractivity contribution in [2.24, 2.45) is 0 Å². The highest BCUT2D eigenvalue weighted by atomic mass is 32.2. The molecule has 0 spiro atoms. The number of nitrogens with zero attached hydrogens (tertiary/aromatic N) is 3. The van der Waals surface area contributed by atoms with E-state index in [1.165, 1.54) is 26.2 Å². The second kappa shape index (κ2) is 10.3. The number of aromatic nitrogens is 1. The average molecular weight is 487 g/mol. The van der Waals surface area contributed by atoms with Gasteiger partial charge in [-0.15, -0.1) is 0 Å². The molecule has 3 aromatic rings. The molecule has 1 aromatic heterocycles. The van der Waals surface area contributed by atoms with Crippen molar-refractivity contribution in [2.75, 3.05) is 38.4 Å². The van der Waals surface area contributed by atoms with E-state index in [1.54, 1.807) is 18.2 Å². The zero-order valence-electron chi connectivity index (χ0n) is 20.2. The number of benzene rings is 2. The van der Waals surface area contributed by atoms with Gasteiger partial charge in [0.2, 0.25) is 15.9 Å². The lowest BCUT2D eigenvalue weighted by molar-refractivity contribution is -0.115. The third-order valence-corrected chi connectivity index (χ3v) is 7.17. The van der Waals surface area contributed by atoms with Gasteiger partial charge in [0, 0.05) is 28.2 Å². The van der Waals surface area contributed by atoms with Crippen LogP contribution in [0.15, 0.2) is 51.9 Å². The molecule has 0 unspecified atom stereocenters. The Hall–Kier alpha value is -3.37. The fourth-order valence-corrected chi connectivity index (χ4v) is 4.25. The molecule has 3 rings (SSSR count). The Morgan fingerprint density at radius 1 is 1.06 bits per heavy atom.